The van der Waals surface area contributed by atoms with Gasteiger partial charge < -0.3 is 9.47 Å². The van der Waals surface area contributed by atoms with Gasteiger partial charge in [-0.15, -0.1) is 0 Å². The minimum atomic E-state index is -0.270. The highest BCUT2D eigenvalue weighted by Crippen LogP contribution is 2.12. The van der Waals surface area contributed by atoms with E-state index in [0.29, 0.717) is 11.8 Å². The van der Waals surface area contributed by atoms with Crippen molar-refractivity contribution in [3.8, 4) is 0 Å². The number of ether oxygens (including phenoxy) is 2. The second kappa shape index (κ2) is 4.23. The van der Waals surface area contributed by atoms with E-state index in [1.807, 2.05) is 0 Å². The smallest absolute Gasteiger partial charge is 0.104 e. The van der Waals surface area contributed by atoms with Crippen molar-refractivity contribution in [1.82, 2.24) is 0 Å². The second-order valence-electron chi connectivity index (χ2n) is 3.26. The predicted molar refractivity (Wildman–Crippen MR) is 47.3 cm³/mol. The van der Waals surface area contributed by atoms with Gasteiger partial charge in [0, 0.05) is 5.73 Å². The maximum atomic E-state index is 5.70. The summed E-state index contributed by atoms with van der Waals surface area (Å²) in [7, 11) is -0.270. The summed E-state index contributed by atoms with van der Waals surface area (Å²) in [5.74, 6) is 0. The maximum absolute atomic E-state index is 5.70. The molecule has 1 saturated heterocycles. The molecule has 1 heterocycles. The molecule has 0 spiro atoms. The zero-order valence-electron chi connectivity index (χ0n) is 7.59. The van der Waals surface area contributed by atoms with Crippen molar-refractivity contribution >= 4 is 8.80 Å². The van der Waals surface area contributed by atoms with Gasteiger partial charge in [-0.1, -0.05) is 20.0 Å². The van der Waals surface area contributed by atoms with Crippen molar-refractivity contribution in [1.29, 1.82) is 0 Å². The van der Waals surface area contributed by atoms with Crippen LogP contribution in [-0.2, 0) is 9.47 Å². The quantitative estimate of drug-likeness (QED) is 0.464. The van der Waals surface area contributed by atoms with E-state index in [4.69, 9.17) is 9.47 Å². The van der Waals surface area contributed by atoms with E-state index in [1.165, 1.54) is 0 Å². The van der Waals surface area contributed by atoms with Crippen molar-refractivity contribution in [2.45, 2.75) is 38.3 Å². The first kappa shape index (κ1) is 9.23. The van der Waals surface area contributed by atoms with Gasteiger partial charge in [0.2, 0.25) is 0 Å². The number of hydrogen-bond donors (Lipinski definition) is 0. The van der Waals surface area contributed by atoms with Crippen LogP contribution in [0.4, 0.5) is 0 Å². The molecule has 2 atom stereocenters. The summed E-state index contributed by atoms with van der Waals surface area (Å²) < 4.78 is 10.8. The van der Waals surface area contributed by atoms with Crippen LogP contribution in [-0.4, -0.2) is 33.8 Å². The average Bonchev–Trinajstić information content (AvgIpc) is 2.72. The van der Waals surface area contributed by atoms with E-state index in [1.54, 1.807) is 0 Å². The predicted octanol–water partition coefficient (Wildman–Crippen LogP) is 1.47. The Hall–Kier alpha value is 0.137. The van der Waals surface area contributed by atoms with Crippen molar-refractivity contribution in [3.05, 3.63) is 0 Å². The molecule has 65 valence electrons. The van der Waals surface area contributed by atoms with Crippen LogP contribution in [0.15, 0.2) is 0 Å². The molecule has 0 aromatic carbocycles. The number of hydrogen-bond acceptors (Lipinski definition) is 2. The molecule has 0 N–H and O–H groups in total. The topological polar surface area (TPSA) is 21.8 Å². The summed E-state index contributed by atoms with van der Waals surface area (Å²) in [4.78, 5) is 0. The average molecular weight is 173 g/mol. The van der Waals surface area contributed by atoms with Crippen LogP contribution in [0.25, 0.3) is 0 Å². The van der Waals surface area contributed by atoms with Crippen LogP contribution in [0, 0.1) is 0 Å². The molecule has 0 aromatic heterocycles. The highest BCUT2D eigenvalue weighted by Gasteiger charge is 2.24. The zero-order valence-corrected chi connectivity index (χ0v) is 8.59. The van der Waals surface area contributed by atoms with Crippen LogP contribution in [0.2, 0.25) is 13.1 Å². The van der Waals surface area contributed by atoms with E-state index < -0.39 is 0 Å². The van der Waals surface area contributed by atoms with Crippen molar-refractivity contribution in [3.63, 3.8) is 0 Å². The third-order valence-electron chi connectivity index (χ3n) is 1.90. The summed E-state index contributed by atoms with van der Waals surface area (Å²) in [6, 6.07) is 0. The Kier molecular flexibility index (Phi) is 3.55. The van der Waals surface area contributed by atoms with Gasteiger partial charge in [0.05, 0.1) is 22.0 Å². The minimum Gasteiger partial charge on any atom is -0.379 e. The molecule has 1 aliphatic rings. The molecule has 0 bridgehead atoms. The van der Waals surface area contributed by atoms with Crippen LogP contribution in [0.3, 0.4) is 0 Å². The molecule has 11 heavy (non-hydrogen) atoms. The highest BCUT2D eigenvalue weighted by molar-refractivity contribution is 6.57. The van der Waals surface area contributed by atoms with Gasteiger partial charge in [-0.3, -0.25) is 0 Å². The second-order valence-corrected chi connectivity index (χ2v) is 6.06. The van der Waals surface area contributed by atoms with E-state index in [9.17, 15) is 0 Å². The molecule has 3 heteroatoms. The molecule has 0 saturated carbocycles. The first-order chi connectivity index (χ1) is 5.24. The third kappa shape index (κ3) is 3.36. The first-order valence-electron chi connectivity index (χ1n) is 4.27. The zero-order chi connectivity index (χ0) is 8.27. The standard InChI is InChI=1S/C8H17O2Si/c1-4-8(11(2)3)10-6-7-5-9-7/h7-8H,4-6H2,1-3H3. The largest absolute Gasteiger partial charge is 0.379 e. The van der Waals surface area contributed by atoms with Gasteiger partial charge in [0.1, 0.15) is 6.10 Å². The molecule has 1 radical (unpaired) electrons. The lowest BCUT2D eigenvalue weighted by molar-refractivity contribution is 0.0857. The Morgan fingerprint density at radius 3 is 2.64 bits per heavy atom. The summed E-state index contributed by atoms with van der Waals surface area (Å²) in [5, 5.41) is 0. The van der Waals surface area contributed by atoms with Gasteiger partial charge in [-0.25, -0.2) is 0 Å². The van der Waals surface area contributed by atoms with Crippen LogP contribution >= 0.6 is 0 Å². The molecular weight excluding hydrogens is 156 g/mol. The van der Waals surface area contributed by atoms with Gasteiger partial charge in [0.25, 0.3) is 0 Å². The fraction of sp³-hybridized carbons (Fsp3) is 1.00. The van der Waals surface area contributed by atoms with Gasteiger partial charge in [0.15, 0.2) is 0 Å². The Morgan fingerprint density at radius 1 is 1.64 bits per heavy atom. The summed E-state index contributed by atoms with van der Waals surface area (Å²) in [5.41, 5.74) is 0.518. The van der Waals surface area contributed by atoms with Crippen molar-refractivity contribution < 1.29 is 9.47 Å². The lowest BCUT2D eigenvalue weighted by Gasteiger charge is -2.17. The van der Waals surface area contributed by atoms with Crippen LogP contribution < -0.4 is 0 Å². The van der Waals surface area contributed by atoms with E-state index in [2.05, 4.69) is 20.0 Å². The van der Waals surface area contributed by atoms with Crippen LogP contribution in [0.1, 0.15) is 13.3 Å². The lowest BCUT2D eigenvalue weighted by Crippen LogP contribution is -2.28. The molecule has 1 rings (SSSR count). The van der Waals surface area contributed by atoms with Gasteiger partial charge in [-0.05, 0) is 6.42 Å². The van der Waals surface area contributed by atoms with E-state index in [0.717, 1.165) is 19.6 Å². The maximum Gasteiger partial charge on any atom is 0.104 e. The van der Waals surface area contributed by atoms with E-state index in [-0.39, 0.29) is 8.80 Å². The number of epoxide rings is 1. The molecule has 2 unspecified atom stereocenters. The molecule has 1 fully saturated rings. The summed E-state index contributed by atoms with van der Waals surface area (Å²) >= 11 is 0. The molecule has 2 nitrogen and oxygen atoms in total. The Bertz CT molecular complexity index is 113. The third-order valence-corrected chi connectivity index (χ3v) is 3.76. The normalized spacial score (nSPS) is 25.6. The van der Waals surface area contributed by atoms with Crippen molar-refractivity contribution in [2.75, 3.05) is 13.2 Å². The Balaban J connectivity index is 2.08. The fourth-order valence-corrected chi connectivity index (χ4v) is 2.33. The molecule has 0 aromatic rings. The SMILES string of the molecule is CCC(OCC1CO1)[Si](C)C. The van der Waals surface area contributed by atoms with Gasteiger partial charge in [-0.2, -0.15) is 0 Å². The molecular formula is C8H17O2Si. The monoisotopic (exact) mass is 173 g/mol. The van der Waals surface area contributed by atoms with Crippen molar-refractivity contribution in [2.24, 2.45) is 0 Å². The summed E-state index contributed by atoms with van der Waals surface area (Å²) in [6.07, 6.45) is 1.57. The minimum absolute atomic E-state index is 0.270. The Labute approximate surface area is 70.5 Å². The van der Waals surface area contributed by atoms with Gasteiger partial charge >= 0.3 is 0 Å². The first-order valence-corrected chi connectivity index (χ1v) is 6.85. The molecule has 1 aliphatic heterocycles. The highest BCUT2D eigenvalue weighted by atomic mass is 28.3. The lowest BCUT2D eigenvalue weighted by atomic mass is 10.5. The molecule has 0 aliphatic carbocycles. The summed E-state index contributed by atoms with van der Waals surface area (Å²) in [6.45, 7) is 8.51. The van der Waals surface area contributed by atoms with Crippen LogP contribution in [0.5, 0.6) is 0 Å². The molecule has 0 amide bonds. The number of rotatable bonds is 5. The Morgan fingerprint density at radius 2 is 2.27 bits per heavy atom. The fourth-order valence-electron chi connectivity index (χ4n) is 1.08. The van der Waals surface area contributed by atoms with E-state index >= 15 is 0 Å².